The lowest BCUT2D eigenvalue weighted by Gasteiger charge is -2.11. The molecule has 22 heavy (non-hydrogen) atoms. The van der Waals surface area contributed by atoms with Crippen LogP contribution in [-0.4, -0.2) is 15.6 Å². The molecule has 0 radical (unpaired) electrons. The lowest BCUT2D eigenvalue weighted by molar-refractivity contribution is 0.0696. The number of nitrogens with zero attached hydrogens (tertiary/aromatic N) is 1. The maximum Gasteiger partial charge on any atom is 0.337 e. The van der Waals surface area contributed by atoms with Crippen molar-refractivity contribution in [3.8, 4) is 11.3 Å². The molecule has 3 aromatic rings. The molecule has 0 amide bonds. The minimum atomic E-state index is -0.870. The average molecular weight is 291 g/mol. The molecular formula is C19H17NO2. The van der Waals surface area contributed by atoms with Crippen LogP contribution >= 0.6 is 0 Å². The monoisotopic (exact) mass is 291 g/mol. The highest BCUT2D eigenvalue weighted by atomic mass is 16.4. The van der Waals surface area contributed by atoms with Crippen LogP contribution in [0.1, 0.15) is 27.0 Å². The van der Waals surface area contributed by atoms with Gasteiger partial charge in [0.1, 0.15) is 0 Å². The fourth-order valence-electron chi connectivity index (χ4n) is 3.81. The van der Waals surface area contributed by atoms with Crippen molar-refractivity contribution < 1.29 is 9.90 Å². The van der Waals surface area contributed by atoms with Crippen molar-refractivity contribution >= 4 is 16.7 Å². The fourth-order valence-corrected chi connectivity index (χ4v) is 3.81. The number of aromatic carboxylic acids is 1. The molecule has 0 atom stereocenters. The number of benzene rings is 2. The van der Waals surface area contributed by atoms with E-state index < -0.39 is 5.97 Å². The topological polar surface area (TPSA) is 42.2 Å². The predicted octanol–water partition coefficient (Wildman–Crippen LogP) is 3.95. The van der Waals surface area contributed by atoms with Crippen molar-refractivity contribution in [1.82, 2.24) is 4.57 Å². The summed E-state index contributed by atoms with van der Waals surface area (Å²) in [6, 6.07) is 10.8. The second-order valence-electron chi connectivity index (χ2n) is 6.04. The van der Waals surface area contributed by atoms with Crippen LogP contribution in [0.3, 0.4) is 0 Å². The summed E-state index contributed by atoms with van der Waals surface area (Å²) < 4.78 is 1.93. The minimum absolute atomic E-state index is 0.376. The highest BCUT2D eigenvalue weighted by molar-refractivity contribution is 6.02. The minimum Gasteiger partial charge on any atom is -0.478 e. The third-order valence-electron chi connectivity index (χ3n) is 4.80. The molecule has 0 spiro atoms. The molecule has 0 saturated carbocycles. The first kappa shape index (κ1) is 13.1. The van der Waals surface area contributed by atoms with Gasteiger partial charge in [-0.2, -0.15) is 0 Å². The molecule has 1 N–H and O–H groups in total. The molecule has 3 nitrogen and oxygen atoms in total. The Kier molecular flexibility index (Phi) is 2.67. The van der Waals surface area contributed by atoms with Crippen molar-refractivity contribution in [2.75, 3.05) is 0 Å². The molecule has 1 aliphatic rings. The Hall–Kier alpha value is -2.55. The largest absolute Gasteiger partial charge is 0.478 e. The van der Waals surface area contributed by atoms with Gasteiger partial charge in [0, 0.05) is 18.8 Å². The lowest BCUT2D eigenvalue weighted by Crippen LogP contribution is -1.96. The summed E-state index contributed by atoms with van der Waals surface area (Å²) in [6.45, 7) is 1.89. The van der Waals surface area contributed by atoms with Gasteiger partial charge in [-0.05, 0) is 47.2 Å². The molecule has 0 unspecified atom stereocenters. The number of rotatable bonds is 2. The van der Waals surface area contributed by atoms with Crippen LogP contribution in [0.2, 0.25) is 0 Å². The Morgan fingerprint density at radius 1 is 1.14 bits per heavy atom. The second kappa shape index (κ2) is 4.47. The molecule has 1 aromatic heterocycles. The van der Waals surface area contributed by atoms with E-state index in [9.17, 15) is 9.90 Å². The van der Waals surface area contributed by atoms with Gasteiger partial charge in [0.05, 0.1) is 11.3 Å². The van der Waals surface area contributed by atoms with Crippen LogP contribution in [0.25, 0.3) is 22.0 Å². The SMILES string of the molecule is Cc1c(C(=O)O)cn(C)c1-c1ccc2c3c(cccc13)CC2. The summed E-state index contributed by atoms with van der Waals surface area (Å²) in [7, 11) is 1.91. The van der Waals surface area contributed by atoms with Crippen molar-refractivity contribution in [3.63, 3.8) is 0 Å². The molecule has 4 rings (SSSR count). The normalized spacial score (nSPS) is 13.0. The van der Waals surface area contributed by atoms with Crippen molar-refractivity contribution in [1.29, 1.82) is 0 Å². The van der Waals surface area contributed by atoms with Gasteiger partial charge in [-0.15, -0.1) is 0 Å². The number of aryl methyl sites for hydroxylation is 3. The molecule has 110 valence electrons. The van der Waals surface area contributed by atoms with Crippen LogP contribution in [0.5, 0.6) is 0 Å². The molecule has 3 heteroatoms. The Morgan fingerprint density at radius 3 is 2.55 bits per heavy atom. The number of carboxylic acid groups (broad SMARTS) is 1. The fraction of sp³-hybridized carbons (Fsp3) is 0.211. The van der Waals surface area contributed by atoms with Gasteiger partial charge < -0.3 is 9.67 Å². The van der Waals surface area contributed by atoms with E-state index >= 15 is 0 Å². The first-order valence-corrected chi connectivity index (χ1v) is 7.51. The first-order chi connectivity index (χ1) is 10.6. The third kappa shape index (κ3) is 1.65. The zero-order valence-electron chi connectivity index (χ0n) is 12.7. The van der Waals surface area contributed by atoms with Crippen LogP contribution < -0.4 is 0 Å². The summed E-state index contributed by atoms with van der Waals surface area (Å²) in [5, 5.41) is 11.9. The predicted molar refractivity (Wildman–Crippen MR) is 87.5 cm³/mol. The molecule has 0 fully saturated rings. The zero-order valence-corrected chi connectivity index (χ0v) is 12.7. The Morgan fingerprint density at radius 2 is 1.86 bits per heavy atom. The quantitative estimate of drug-likeness (QED) is 0.776. The van der Waals surface area contributed by atoms with Crippen molar-refractivity contribution in [2.24, 2.45) is 7.05 Å². The van der Waals surface area contributed by atoms with Gasteiger partial charge in [-0.25, -0.2) is 4.79 Å². The lowest BCUT2D eigenvalue weighted by atomic mass is 9.96. The number of carbonyl (C=O) groups is 1. The number of carboxylic acids is 1. The summed E-state index contributed by atoms with van der Waals surface area (Å²) in [6.07, 6.45) is 3.90. The first-order valence-electron chi connectivity index (χ1n) is 7.51. The Balaban J connectivity index is 2.07. The second-order valence-corrected chi connectivity index (χ2v) is 6.04. The maximum absolute atomic E-state index is 11.4. The van der Waals surface area contributed by atoms with Gasteiger partial charge >= 0.3 is 5.97 Å². The van der Waals surface area contributed by atoms with Gasteiger partial charge in [0.2, 0.25) is 0 Å². The summed E-state index contributed by atoms with van der Waals surface area (Å²) >= 11 is 0. The van der Waals surface area contributed by atoms with Gasteiger partial charge in [-0.3, -0.25) is 0 Å². The van der Waals surface area contributed by atoms with Crippen LogP contribution in [-0.2, 0) is 19.9 Å². The molecular weight excluding hydrogens is 274 g/mol. The molecule has 1 aliphatic carbocycles. The van der Waals surface area contributed by atoms with Crippen LogP contribution in [0.15, 0.2) is 36.5 Å². The van der Waals surface area contributed by atoms with E-state index in [1.54, 1.807) is 6.20 Å². The van der Waals surface area contributed by atoms with Crippen LogP contribution in [0.4, 0.5) is 0 Å². The zero-order chi connectivity index (χ0) is 15.4. The van der Waals surface area contributed by atoms with E-state index in [2.05, 4.69) is 30.3 Å². The van der Waals surface area contributed by atoms with E-state index in [0.29, 0.717) is 5.56 Å². The standard InChI is InChI=1S/C19H17NO2/c1-11-16(19(21)22)10-20(2)18(11)15-9-8-13-7-6-12-4-3-5-14(15)17(12)13/h3-5,8-10H,6-7H2,1-2H3,(H,21,22). The maximum atomic E-state index is 11.4. The highest BCUT2D eigenvalue weighted by Gasteiger charge is 2.21. The highest BCUT2D eigenvalue weighted by Crippen LogP contribution is 2.38. The molecule has 1 heterocycles. The smallest absolute Gasteiger partial charge is 0.337 e. The molecule has 0 saturated heterocycles. The van der Waals surface area contributed by atoms with E-state index in [0.717, 1.165) is 29.7 Å². The summed E-state index contributed by atoms with van der Waals surface area (Å²) in [5.74, 6) is -0.870. The van der Waals surface area contributed by atoms with Crippen molar-refractivity contribution in [2.45, 2.75) is 19.8 Å². The third-order valence-corrected chi connectivity index (χ3v) is 4.80. The van der Waals surface area contributed by atoms with Crippen molar-refractivity contribution in [3.05, 3.63) is 58.8 Å². The van der Waals surface area contributed by atoms with Gasteiger partial charge in [-0.1, -0.05) is 30.3 Å². The summed E-state index contributed by atoms with van der Waals surface area (Å²) in [4.78, 5) is 11.4. The number of aromatic nitrogens is 1. The van der Waals surface area contributed by atoms with Crippen LogP contribution in [0, 0.1) is 6.92 Å². The number of hydrogen-bond acceptors (Lipinski definition) is 1. The number of hydrogen-bond donors (Lipinski definition) is 1. The molecule has 0 aliphatic heterocycles. The Labute approximate surface area is 128 Å². The van der Waals surface area contributed by atoms with E-state index in [1.807, 2.05) is 18.5 Å². The average Bonchev–Trinajstić information content (AvgIpc) is 3.04. The Bertz CT molecular complexity index is 924. The van der Waals surface area contributed by atoms with E-state index in [1.165, 1.54) is 21.9 Å². The summed E-state index contributed by atoms with van der Waals surface area (Å²) in [5.41, 5.74) is 6.12. The molecule has 0 bridgehead atoms. The van der Waals surface area contributed by atoms with E-state index in [-0.39, 0.29) is 0 Å². The molecule has 2 aromatic carbocycles. The van der Waals surface area contributed by atoms with Gasteiger partial charge in [0.15, 0.2) is 0 Å². The van der Waals surface area contributed by atoms with E-state index in [4.69, 9.17) is 0 Å². The van der Waals surface area contributed by atoms with Gasteiger partial charge in [0.25, 0.3) is 0 Å².